The maximum absolute atomic E-state index is 5.52. The number of hydrogen-bond donors (Lipinski definition) is 1. The Morgan fingerprint density at radius 1 is 1.29 bits per heavy atom. The van der Waals surface area contributed by atoms with Crippen molar-refractivity contribution in [3.8, 4) is 10.6 Å². The smallest absolute Gasteiger partial charge is 0.129 e. The molecule has 0 aliphatic carbocycles. The van der Waals surface area contributed by atoms with Crippen molar-refractivity contribution in [3.63, 3.8) is 0 Å². The molecule has 0 spiro atoms. The molecule has 2 N–H and O–H groups in total. The quantitative estimate of drug-likeness (QED) is 0.903. The van der Waals surface area contributed by atoms with Gasteiger partial charge in [0, 0.05) is 12.1 Å². The zero-order valence-electron chi connectivity index (χ0n) is 10.2. The van der Waals surface area contributed by atoms with Crippen LogP contribution in [0.15, 0.2) is 17.5 Å². The van der Waals surface area contributed by atoms with Crippen LogP contribution in [-0.4, -0.2) is 16.5 Å². The van der Waals surface area contributed by atoms with Gasteiger partial charge in [0.25, 0.3) is 0 Å². The summed E-state index contributed by atoms with van der Waals surface area (Å²) in [6, 6.07) is 4.17. The van der Waals surface area contributed by atoms with E-state index in [2.05, 4.69) is 28.3 Å². The Kier molecular flexibility index (Phi) is 3.86. The largest absolute Gasteiger partial charge is 0.330 e. The summed E-state index contributed by atoms with van der Waals surface area (Å²) in [5.74, 6) is 0.901. The summed E-state index contributed by atoms with van der Waals surface area (Å²) in [5.41, 5.74) is 8.86. The van der Waals surface area contributed by atoms with Gasteiger partial charge < -0.3 is 5.73 Å². The maximum Gasteiger partial charge on any atom is 0.129 e. The lowest BCUT2D eigenvalue weighted by molar-refractivity contribution is 0.777. The van der Waals surface area contributed by atoms with E-state index in [0.717, 1.165) is 30.1 Å². The fourth-order valence-electron chi connectivity index (χ4n) is 1.75. The molecule has 2 aromatic rings. The molecule has 0 aromatic carbocycles. The normalized spacial score (nSPS) is 10.8. The van der Waals surface area contributed by atoms with Crippen molar-refractivity contribution in [1.82, 2.24) is 9.97 Å². The number of aromatic nitrogens is 2. The zero-order chi connectivity index (χ0) is 12.3. The van der Waals surface area contributed by atoms with E-state index in [1.54, 1.807) is 11.3 Å². The monoisotopic (exact) mass is 247 g/mol. The molecular weight excluding hydrogens is 230 g/mol. The van der Waals surface area contributed by atoms with E-state index in [0.29, 0.717) is 6.54 Å². The maximum atomic E-state index is 5.52. The minimum Gasteiger partial charge on any atom is -0.330 e. The minimum absolute atomic E-state index is 0.685. The van der Waals surface area contributed by atoms with Gasteiger partial charge in [-0.25, -0.2) is 9.97 Å². The third-order valence-electron chi connectivity index (χ3n) is 2.60. The zero-order valence-corrected chi connectivity index (χ0v) is 11.0. The van der Waals surface area contributed by atoms with E-state index in [1.165, 1.54) is 10.4 Å². The lowest BCUT2D eigenvalue weighted by Crippen LogP contribution is -2.04. The number of nitrogens with zero attached hydrogens (tertiary/aromatic N) is 2. The number of aryl methyl sites for hydroxylation is 3. The summed E-state index contributed by atoms with van der Waals surface area (Å²) in [6.45, 7) is 4.81. The molecule has 0 saturated carbocycles. The number of nitrogens with two attached hydrogens (primary N) is 1. The van der Waals surface area contributed by atoms with Crippen LogP contribution in [0.1, 0.15) is 23.5 Å². The second kappa shape index (κ2) is 5.38. The molecule has 2 aromatic heterocycles. The first kappa shape index (κ1) is 12.2. The summed E-state index contributed by atoms with van der Waals surface area (Å²) < 4.78 is 0. The molecule has 4 heteroatoms. The Bertz CT molecular complexity index is 505. The summed E-state index contributed by atoms with van der Waals surface area (Å²) in [5, 5.41) is 2.10. The van der Waals surface area contributed by atoms with E-state index in [4.69, 9.17) is 5.73 Å². The third-order valence-corrected chi connectivity index (χ3v) is 3.64. The standard InChI is InChI=1S/C13H17N3S/c1-9-5-7-17-13(9)11-8-10(2)15-12(16-11)4-3-6-14/h5,7-8H,3-4,6,14H2,1-2H3. The van der Waals surface area contributed by atoms with Crippen molar-refractivity contribution >= 4 is 11.3 Å². The first-order chi connectivity index (χ1) is 8.20. The highest BCUT2D eigenvalue weighted by molar-refractivity contribution is 7.13. The average molecular weight is 247 g/mol. The predicted molar refractivity (Wildman–Crippen MR) is 72.2 cm³/mol. The van der Waals surface area contributed by atoms with Crippen molar-refractivity contribution in [2.24, 2.45) is 5.73 Å². The van der Waals surface area contributed by atoms with Gasteiger partial charge in [-0.2, -0.15) is 0 Å². The van der Waals surface area contributed by atoms with Gasteiger partial charge in [-0.3, -0.25) is 0 Å². The van der Waals surface area contributed by atoms with Crippen LogP contribution in [0.4, 0.5) is 0 Å². The average Bonchev–Trinajstić information content (AvgIpc) is 2.72. The molecule has 0 aliphatic heterocycles. The van der Waals surface area contributed by atoms with Crippen LogP contribution >= 0.6 is 11.3 Å². The van der Waals surface area contributed by atoms with Gasteiger partial charge >= 0.3 is 0 Å². The molecular formula is C13H17N3S. The molecule has 17 heavy (non-hydrogen) atoms. The second-order valence-corrected chi connectivity index (χ2v) is 5.05. The Morgan fingerprint density at radius 3 is 2.76 bits per heavy atom. The number of thiophene rings is 1. The van der Waals surface area contributed by atoms with Gasteiger partial charge in [0.05, 0.1) is 10.6 Å². The van der Waals surface area contributed by atoms with Gasteiger partial charge in [0.1, 0.15) is 5.82 Å². The molecule has 0 unspecified atom stereocenters. The van der Waals surface area contributed by atoms with Crippen LogP contribution in [0.2, 0.25) is 0 Å². The van der Waals surface area contributed by atoms with Crippen LogP contribution in [0.3, 0.4) is 0 Å². The second-order valence-electron chi connectivity index (χ2n) is 4.14. The van der Waals surface area contributed by atoms with Gasteiger partial charge in [0.15, 0.2) is 0 Å². The topological polar surface area (TPSA) is 51.8 Å². The first-order valence-corrected chi connectivity index (χ1v) is 6.68. The molecule has 0 amide bonds. The van der Waals surface area contributed by atoms with E-state index >= 15 is 0 Å². The van der Waals surface area contributed by atoms with Crippen LogP contribution in [0.5, 0.6) is 0 Å². The fourth-order valence-corrected chi connectivity index (χ4v) is 2.64. The summed E-state index contributed by atoms with van der Waals surface area (Å²) >= 11 is 1.73. The SMILES string of the molecule is Cc1cc(-c2sccc2C)nc(CCCN)n1. The van der Waals surface area contributed by atoms with Gasteiger partial charge in [-0.15, -0.1) is 11.3 Å². The molecule has 0 fully saturated rings. The third kappa shape index (κ3) is 2.90. The Morgan fingerprint density at radius 2 is 2.12 bits per heavy atom. The molecule has 3 nitrogen and oxygen atoms in total. The van der Waals surface area contributed by atoms with Crippen molar-refractivity contribution < 1.29 is 0 Å². The van der Waals surface area contributed by atoms with Crippen molar-refractivity contribution in [2.75, 3.05) is 6.54 Å². The van der Waals surface area contributed by atoms with Gasteiger partial charge in [-0.05, 0) is 49.9 Å². The first-order valence-electron chi connectivity index (χ1n) is 5.80. The molecule has 0 aliphatic rings. The molecule has 0 bridgehead atoms. The molecule has 0 radical (unpaired) electrons. The van der Waals surface area contributed by atoms with E-state index in [1.807, 2.05) is 13.0 Å². The van der Waals surface area contributed by atoms with Crippen molar-refractivity contribution in [3.05, 3.63) is 34.6 Å². The van der Waals surface area contributed by atoms with E-state index < -0.39 is 0 Å². The summed E-state index contributed by atoms with van der Waals surface area (Å²) in [4.78, 5) is 10.3. The van der Waals surface area contributed by atoms with Crippen LogP contribution in [0.25, 0.3) is 10.6 Å². The number of rotatable bonds is 4. The highest BCUT2D eigenvalue weighted by Gasteiger charge is 2.08. The van der Waals surface area contributed by atoms with Crippen LogP contribution < -0.4 is 5.73 Å². The molecule has 90 valence electrons. The highest BCUT2D eigenvalue weighted by atomic mass is 32.1. The molecule has 0 saturated heterocycles. The summed E-state index contributed by atoms with van der Waals surface area (Å²) in [7, 11) is 0. The molecule has 0 atom stereocenters. The van der Waals surface area contributed by atoms with Gasteiger partial charge in [0.2, 0.25) is 0 Å². The number of hydrogen-bond acceptors (Lipinski definition) is 4. The van der Waals surface area contributed by atoms with Crippen LogP contribution in [-0.2, 0) is 6.42 Å². The fraction of sp³-hybridized carbons (Fsp3) is 0.385. The lowest BCUT2D eigenvalue weighted by atomic mass is 10.2. The van der Waals surface area contributed by atoms with E-state index in [9.17, 15) is 0 Å². The minimum atomic E-state index is 0.685. The molecule has 2 rings (SSSR count). The van der Waals surface area contributed by atoms with E-state index in [-0.39, 0.29) is 0 Å². The Labute approximate surface area is 106 Å². The van der Waals surface area contributed by atoms with Gasteiger partial charge in [-0.1, -0.05) is 0 Å². The van der Waals surface area contributed by atoms with Crippen molar-refractivity contribution in [2.45, 2.75) is 26.7 Å². The lowest BCUT2D eigenvalue weighted by Gasteiger charge is -2.05. The summed E-state index contributed by atoms with van der Waals surface area (Å²) in [6.07, 6.45) is 1.79. The Hall–Kier alpha value is -1.26. The molecule has 2 heterocycles. The highest BCUT2D eigenvalue weighted by Crippen LogP contribution is 2.27. The predicted octanol–water partition coefficient (Wildman–Crippen LogP) is 2.71. The van der Waals surface area contributed by atoms with Crippen molar-refractivity contribution in [1.29, 1.82) is 0 Å². The Balaban J connectivity index is 2.35. The van der Waals surface area contributed by atoms with Crippen LogP contribution in [0, 0.1) is 13.8 Å².